The van der Waals surface area contributed by atoms with E-state index in [4.69, 9.17) is 0 Å². The van der Waals surface area contributed by atoms with Crippen molar-refractivity contribution >= 4 is 55.9 Å². The van der Waals surface area contributed by atoms with Crippen LogP contribution in [0.5, 0.6) is 0 Å². The average molecular weight is 417 g/mol. The van der Waals surface area contributed by atoms with E-state index < -0.39 is 0 Å². The first-order valence-corrected chi connectivity index (χ1v) is 7.10. The Kier molecular flexibility index (Phi) is 4.60. The van der Waals surface area contributed by atoms with Crippen molar-refractivity contribution in [3.05, 3.63) is 56.6 Å². The van der Waals surface area contributed by atoms with Crippen LogP contribution >= 0.6 is 38.5 Å². The molecule has 2 aromatic rings. The Bertz CT molecular complexity index is 560. The number of benzene rings is 2. The lowest BCUT2D eigenvalue weighted by atomic mass is 10.3. The van der Waals surface area contributed by atoms with E-state index in [2.05, 4.69) is 49.2 Å². The van der Waals surface area contributed by atoms with E-state index in [1.54, 1.807) is 0 Å². The summed E-state index contributed by atoms with van der Waals surface area (Å²) in [5, 5.41) is 5.55. The molecule has 2 aromatic carbocycles. The summed E-state index contributed by atoms with van der Waals surface area (Å²) in [7, 11) is 0. The lowest BCUT2D eigenvalue weighted by Gasteiger charge is -2.09. The molecule has 0 saturated carbocycles. The van der Waals surface area contributed by atoms with Crippen molar-refractivity contribution in [1.82, 2.24) is 0 Å². The second-order valence-electron chi connectivity index (χ2n) is 3.57. The van der Waals surface area contributed by atoms with Gasteiger partial charge < -0.3 is 10.6 Å². The molecule has 0 aliphatic heterocycles. The zero-order valence-electron chi connectivity index (χ0n) is 9.28. The number of carbonyl (C=O) groups excluding carboxylic acids is 1. The molecule has 0 aliphatic rings. The fourth-order valence-electron chi connectivity index (χ4n) is 1.40. The highest BCUT2D eigenvalue weighted by Gasteiger charge is 2.05. The zero-order valence-corrected chi connectivity index (χ0v) is 13.0. The summed E-state index contributed by atoms with van der Waals surface area (Å²) in [6, 6.07) is 14.8. The van der Waals surface area contributed by atoms with Gasteiger partial charge in [0.25, 0.3) is 0 Å². The van der Waals surface area contributed by atoms with E-state index in [-0.39, 0.29) is 6.03 Å². The summed E-state index contributed by atoms with van der Waals surface area (Å²) in [6.07, 6.45) is 0. The maximum Gasteiger partial charge on any atom is 0.323 e. The Hall–Kier alpha value is -1.08. The first-order chi connectivity index (χ1) is 8.65. The Morgan fingerprint density at radius 2 is 1.78 bits per heavy atom. The molecule has 18 heavy (non-hydrogen) atoms. The molecule has 2 rings (SSSR count). The smallest absolute Gasteiger partial charge is 0.308 e. The van der Waals surface area contributed by atoms with Crippen LogP contribution in [0.15, 0.2) is 53.0 Å². The first kappa shape index (κ1) is 13.4. The summed E-state index contributed by atoms with van der Waals surface area (Å²) in [6.45, 7) is 0. The maximum absolute atomic E-state index is 11.8. The van der Waals surface area contributed by atoms with Crippen LogP contribution in [0.1, 0.15) is 0 Å². The Morgan fingerprint density at radius 1 is 1.06 bits per heavy atom. The molecule has 0 heterocycles. The van der Waals surface area contributed by atoms with Crippen molar-refractivity contribution in [2.24, 2.45) is 0 Å². The van der Waals surface area contributed by atoms with Crippen LogP contribution in [0.4, 0.5) is 16.2 Å². The predicted molar refractivity (Wildman–Crippen MR) is 85.9 cm³/mol. The third-order valence-corrected chi connectivity index (χ3v) is 3.54. The van der Waals surface area contributed by atoms with E-state index in [0.717, 1.165) is 19.4 Å². The molecule has 2 N–H and O–H groups in total. The van der Waals surface area contributed by atoms with Crippen LogP contribution in [-0.2, 0) is 0 Å². The number of hydrogen-bond donors (Lipinski definition) is 2. The third-order valence-electron chi connectivity index (χ3n) is 2.21. The summed E-state index contributed by atoms with van der Waals surface area (Å²) in [4.78, 5) is 11.8. The van der Waals surface area contributed by atoms with E-state index in [9.17, 15) is 4.79 Å². The monoisotopic (exact) mass is 416 g/mol. The molecule has 5 heteroatoms. The molecule has 0 radical (unpaired) electrons. The second-order valence-corrected chi connectivity index (χ2v) is 5.67. The molecule has 92 valence electrons. The Balaban J connectivity index is 2.03. The molecular weight excluding hydrogens is 407 g/mol. The average Bonchev–Trinajstić information content (AvgIpc) is 2.34. The minimum absolute atomic E-state index is 0.261. The van der Waals surface area contributed by atoms with Crippen molar-refractivity contribution in [1.29, 1.82) is 0 Å². The fraction of sp³-hybridized carbons (Fsp3) is 0. The van der Waals surface area contributed by atoms with Gasteiger partial charge in [-0.2, -0.15) is 0 Å². The molecule has 0 unspecified atom stereocenters. The largest absolute Gasteiger partial charge is 0.323 e. The van der Waals surface area contributed by atoms with E-state index >= 15 is 0 Å². The number of nitrogens with one attached hydrogen (secondary N) is 2. The highest BCUT2D eigenvalue weighted by molar-refractivity contribution is 14.1. The number of carbonyl (C=O) groups is 1. The predicted octanol–water partition coefficient (Wildman–Crippen LogP) is 4.70. The van der Waals surface area contributed by atoms with Crippen LogP contribution in [0.3, 0.4) is 0 Å². The minimum Gasteiger partial charge on any atom is -0.308 e. The van der Waals surface area contributed by atoms with Gasteiger partial charge in [0.05, 0.1) is 5.69 Å². The van der Waals surface area contributed by atoms with Crippen molar-refractivity contribution in [3.8, 4) is 0 Å². The molecule has 3 nitrogen and oxygen atoms in total. The van der Waals surface area contributed by atoms with Gasteiger partial charge in [-0.1, -0.05) is 18.2 Å². The van der Waals surface area contributed by atoms with E-state index in [1.165, 1.54) is 0 Å². The quantitative estimate of drug-likeness (QED) is 0.684. The molecule has 0 fully saturated rings. The van der Waals surface area contributed by atoms with Gasteiger partial charge in [-0.25, -0.2) is 4.79 Å². The van der Waals surface area contributed by atoms with Crippen molar-refractivity contribution < 1.29 is 4.79 Å². The minimum atomic E-state index is -0.261. The van der Waals surface area contributed by atoms with Crippen molar-refractivity contribution in [3.63, 3.8) is 0 Å². The van der Waals surface area contributed by atoms with Gasteiger partial charge in [-0.15, -0.1) is 0 Å². The van der Waals surface area contributed by atoms with Gasteiger partial charge in [-0.05, 0) is 68.9 Å². The number of halogens is 2. The lowest BCUT2D eigenvalue weighted by molar-refractivity contribution is 0.262. The molecule has 0 bridgehead atoms. The Labute approximate surface area is 127 Å². The van der Waals surface area contributed by atoms with Crippen molar-refractivity contribution in [2.45, 2.75) is 0 Å². The second kappa shape index (κ2) is 6.19. The standard InChI is InChI=1S/C13H10BrIN2O/c14-11-8-9(15)6-7-12(11)17-13(18)16-10-4-2-1-3-5-10/h1-8H,(H2,16,17,18). The molecule has 0 aromatic heterocycles. The molecular formula is C13H10BrIN2O. The molecule has 0 spiro atoms. The number of hydrogen-bond acceptors (Lipinski definition) is 1. The molecule has 0 aliphatic carbocycles. The van der Waals surface area contributed by atoms with Gasteiger partial charge >= 0.3 is 6.03 Å². The van der Waals surface area contributed by atoms with Crippen LogP contribution in [0.2, 0.25) is 0 Å². The first-order valence-electron chi connectivity index (χ1n) is 5.23. The molecule has 2 amide bonds. The number of anilines is 2. The summed E-state index contributed by atoms with van der Waals surface area (Å²) >= 11 is 5.63. The molecule has 0 saturated heterocycles. The number of rotatable bonds is 2. The van der Waals surface area contributed by atoms with E-state index in [1.807, 2.05) is 48.5 Å². The topological polar surface area (TPSA) is 41.1 Å². The van der Waals surface area contributed by atoms with Gasteiger partial charge in [0.1, 0.15) is 0 Å². The highest BCUT2D eigenvalue weighted by atomic mass is 127. The van der Waals surface area contributed by atoms with Crippen LogP contribution in [0, 0.1) is 3.57 Å². The van der Waals surface area contributed by atoms with E-state index in [0.29, 0.717) is 0 Å². The van der Waals surface area contributed by atoms with Crippen LogP contribution in [-0.4, -0.2) is 6.03 Å². The van der Waals surface area contributed by atoms with Crippen LogP contribution < -0.4 is 10.6 Å². The van der Waals surface area contributed by atoms with Crippen molar-refractivity contribution in [2.75, 3.05) is 10.6 Å². The summed E-state index contributed by atoms with van der Waals surface area (Å²) in [5.41, 5.74) is 1.50. The summed E-state index contributed by atoms with van der Waals surface area (Å²) in [5.74, 6) is 0. The highest BCUT2D eigenvalue weighted by Crippen LogP contribution is 2.24. The zero-order chi connectivity index (χ0) is 13.0. The third kappa shape index (κ3) is 3.71. The maximum atomic E-state index is 11.8. The van der Waals surface area contributed by atoms with Gasteiger partial charge in [-0.3, -0.25) is 0 Å². The number of para-hydroxylation sites is 1. The lowest BCUT2D eigenvalue weighted by Crippen LogP contribution is -2.19. The molecule has 0 atom stereocenters. The SMILES string of the molecule is O=C(Nc1ccccc1)Nc1ccc(I)cc1Br. The summed E-state index contributed by atoms with van der Waals surface area (Å²) < 4.78 is 1.96. The fourth-order valence-corrected chi connectivity index (χ4v) is 2.79. The normalized spacial score (nSPS) is 9.89. The van der Waals surface area contributed by atoms with Crippen LogP contribution in [0.25, 0.3) is 0 Å². The van der Waals surface area contributed by atoms with Gasteiger partial charge in [0.2, 0.25) is 0 Å². The number of amides is 2. The Morgan fingerprint density at radius 3 is 2.44 bits per heavy atom. The van der Waals surface area contributed by atoms with Gasteiger partial charge in [0.15, 0.2) is 0 Å². The number of urea groups is 1. The van der Waals surface area contributed by atoms with Gasteiger partial charge in [0, 0.05) is 13.7 Å².